The van der Waals surface area contributed by atoms with Crippen molar-refractivity contribution in [2.45, 2.75) is 11.8 Å². The van der Waals surface area contributed by atoms with Crippen molar-refractivity contribution in [3.05, 3.63) is 42.2 Å². The molecule has 2 aromatic heterocycles. The van der Waals surface area contributed by atoms with Gasteiger partial charge in [0.1, 0.15) is 10.7 Å². The van der Waals surface area contributed by atoms with Gasteiger partial charge in [0, 0.05) is 26.2 Å². The first-order valence-electron chi connectivity index (χ1n) is 8.71. The molecule has 0 bridgehead atoms. The maximum atomic E-state index is 12.3. The quantitative estimate of drug-likeness (QED) is 0.703. The van der Waals surface area contributed by atoms with E-state index < -0.39 is 10.0 Å². The van der Waals surface area contributed by atoms with Gasteiger partial charge in [-0.3, -0.25) is 0 Å². The Hall–Kier alpha value is -2.72. The summed E-state index contributed by atoms with van der Waals surface area (Å²) in [5, 5.41) is 12.7. The minimum absolute atomic E-state index is 0.306. The van der Waals surface area contributed by atoms with Gasteiger partial charge >= 0.3 is 0 Å². The van der Waals surface area contributed by atoms with Crippen LogP contribution >= 0.6 is 0 Å². The molecule has 0 spiro atoms. The van der Waals surface area contributed by atoms with Gasteiger partial charge in [-0.2, -0.15) is 4.52 Å². The van der Waals surface area contributed by atoms with E-state index in [4.69, 9.17) is 0 Å². The van der Waals surface area contributed by atoms with E-state index in [9.17, 15) is 8.42 Å². The zero-order chi connectivity index (χ0) is 19.0. The largest absolute Gasteiger partial charge is 0.367 e. The zero-order valence-electron chi connectivity index (χ0n) is 15.2. The van der Waals surface area contributed by atoms with E-state index in [1.807, 2.05) is 31.2 Å². The van der Waals surface area contributed by atoms with E-state index in [0.29, 0.717) is 18.0 Å². The summed E-state index contributed by atoms with van der Waals surface area (Å²) >= 11 is 0. The van der Waals surface area contributed by atoms with Crippen LogP contribution < -0.4 is 14.5 Å². The van der Waals surface area contributed by atoms with Crippen LogP contribution in [0, 0.1) is 6.92 Å². The van der Waals surface area contributed by atoms with Crippen molar-refractivity contribution in [3.8, 4) is 0 Å². The predicted molar refractivity (Wildman–Crippen MR) is 103 cm³/mol. The number of hydrogen-bond acceptors (Lipinski definition) is 7. The molecular weight excluding hydrogens is 366 g/mol. The number of hydrogen-bond donors (Lipinski definition) is 1. The van der Waals surface area contributed by atoms with Crippen LogP contribution in [-0.4, -0.2) is 61.5 Å². The van der Waals surface area contributed by atoms with Gasteiger partial charge in [0.2, 0.25) is 10.0 Å². The zero-order valence-corrected chi connectivity index (χ0v) is 16.0. The number of anilines is 2. The maximum Gasteiger partial charge on any atom is 0.242 e. The second kappa shape index (κ2) is 6.78. The van der Waals surface area contributed by atoms with Crippen LogP contribution in [0.5, 0.6) is 0 Å². The number of piperazine rings is 1. The molecule has 0 atom stereocenters. The molecule has 10 heteroatoms. The average Bonchev–Trinajstić information content (AvgIpc) is 3.08. The number of fused-ring (bicyclic) bond motifs is 1. The van der Waals surface area contributed by atoms with E-state index in [2.05, 4.69) is 29.8 Å². The standard InChI is InChI=1S/C17H21N7O2S/c1-13-19-20-16-7-8-17(21-24(13)16)23-11-9-22(10-12-23)14-5-3-4-6-15(14)27(25,26)18-2/h3-8,18H,9-12H2,1-2H3. The van der Waals surface area contributed by atoms with Crippen LogP contribution in [0.4, 0.5) is 11.5 Å². The van der Waals surface area contributed by atoms with Crippen LogP contribution in [0.25, 0.3) is 5.65 Å². The van der Waals surface area contributed by atoms with Gasteiger partial charge < -0.3 is 9.80 Å². The molecule has 0 radical (unpaired) electrons. The summed E-state index contributed by atoms with van der Waals surface area (Å²) in [5.41, 5.74) is 1.45. The lowest BCUT2D eigenvalue weighted by Crippen LogP contribution is -2.47. The minimum atomic E-state index is -3.50. The normalized spacial score (nSPS) is 15.5. The summed E-state index contributed by atoms with van der Waals surface area (Å²) in [6.07, 6.45) is 0. The number of aromatic nitrogens is 4. The fourth-order valence-electron chi connectivity index (χ4n) is 3.29. The number of benzene rings is 1. The lowest BCUT2D eigenvalue weighted by atomic mass is 10.2. The number of nitrogens with zero attached hydrogens (tertiary/aromatic N) is 6. The molecular formula is C17H21N7O2S. The molecule has 9 nitrogen and oxygen atoms in total. The highest BCUT2D eigenvalue weighted by Crippen LogP contribution is 2.26. The van der Waals surface area contributed by atoms with Crippen molar-refractivity contribution in [1.82, 2.24) is 24.5 Å². The van der Waals surface area contributed by atoms with Gasteiger partial charge in [-0.1, -0.05) is 12.1 Å². The number of sulfonamides is 1. The molecule has 1 N–H and O–H groups in total. The van der Waals surface area contributed by atoms with Gasteiger partial charge in [-0.05, 0) is 38.2 Å². The molecule has 0 amide bonds. The molecule has 1 aromatic carbocycles. The third kappa shape index (κ3) is 3.21. The summed E-state index contributed by atoms with van der Waals surface area (Å²) in [7, 11) is -2.07. The van der Waals surface area contributed by atoms with Crippen molar-refractivity contribution in [2.24, 2.45) is 0 Å². The van der Waals surface area contributed by atoms with Gasteiger partial charge in [-0.15, -0.1) is 15.3 Å². The molecule has 0 unspecified atom stereocenters. The minimum Gasteiger partial charge on any atom is -0.367 e. The number of aryl methyl sites for hydroxylation is 1. The van der Waals surface area contributed by atoms with E-state index in [1.54, 1.807) is 16.6 Å². The number of para-hydroxylation sites is 1. The van der Waals surface area contributed by atoms with Crippen LogP contribution in [0.3, 0.4) is 0 Å². The Labute approximate surface area is 157 Å². The van der Waals surface area contributed by atoms with Crippen molar-refractivity contribution in [2.75, 3.05) is 43.0 Å². The van der Waals surface area contributed by atoms with Gasteiger partial charge in [0.05, 0.1) is 5.69 Å². The molecule has 4 rings (SSSR count). The highest BCUT2D eigenvalue weighted by Gasteiger charge is 2.24. The first-order chi connectivity index (χ1) is 13.0. The van der Waals surface area contributed by atoms with E-state index in [-0.39, 0.29) is 0 Å². The van der Waals surface area contributed by atoms with E-state index in [0.717, 1.165) is 36.1 Å². The summed E-state index contributed by atoms with van der Waals surface area (Å²) in [4.78, 5) is 4.59. The van der Waals surface area contributed by atoms with E-state index in [1.165, 1.54) is 7.05 Å². The molecule has 1 saturated heterocycles. The first kappa shape index (κ1) is 17.7. The van der Waals surface area contributed by atoms with Crippen molar-refractivity contribution in [1.29, 1.82) is 0 Å². The lowest BCUT2D eigenvalue weighted by Gasteiger charge is -2.37. The molecule has 27 heavy (non-hydrogen) atoms. The predicted octanol–water partition coefficient (Wildman–Crippen LogP) is 0.667. The fraction of sp³-hybridized carbons (Fsp3) is 0.353. The topological polar surface area (TPSA) is 95.7 Å². The second-order valence-electron chi connectivity index (χ2n) is 6.36. The summed E-state index contributed by atoms with van der Waals surface area (Å²) in [6, 6.07) is 10.9. The monoisotopic (exact) mass is 387 g/mol. The first-order valence-corrected chi connectivity index (χ1v) is 10.2. The highest BCUT2D eigenvalue weighted by atomic mass is 32.2. The average molecular weight is 387 g/mol. The molecule has 3 aromatic rings. The molecule has 1 aliphatic heterocycles. The Morgan fingerprint density at radius 1 is 0.963 bits per heavy atom. The van der Waals surface area contributed by atoms with Crippen LogP contribution in [0.15, 0.2) is 41.3 Å². The van der Waals surface area contributed by atoms with Crippen LogP contribution in [0.2, 0.25) is 0 Å². The molecule has 0 saturated carbocycles. The Kier molecular flexibility index (Phi) is 4.44. The van der Waals surface area contributed by atoms with Crippen molar-refractivity contribution < 1.29 is 8.42 Å². The second-order valence-corrected chi connectivity index (χ2v) is 8.21. The number of nitrogens with one attached hydrogen (secondary N) is 1. The van der Waals surface area contributed by atoms with Crippen LogP contribution in [0.1, 0.15) is 5.82 Å². The Balaban J connectivity index is 1.55. The summed E-state index contributed by atoms with van der Waals surface area (Å²) in [6.45, 7) is 4.77. The number of rotatable bonds is 4. The fourth-order valence-corrected chi connectivity index (χ4v) is 4.24. The maximum absolute atomic E-state index is 12.3. The molecule has 3 heterocycles. The third-order valence-corrected chi connectivity index (χ3v) is 6.23. The van der Waals surface area contributed by atoms with Crippen LogP contribution in [-0.2, 0) is 10.0 Å². The van der Waals surface area contributed by atoms with Gasteiger partial charge in [-0.25, -0.2) is 13.1 Å². The molecule has 1 aliphatic rings. The smallest absolute Gasteiger partial charge is 0.242 e. The summed E-state index contributed by atoms with van der Waals surface area (Å²) < 4.78 is 28.8. The van der Waals surface area contributed by atoms with Crippen molar-refractivity contribution >= 4 is 27.2 Å². The molecule has 142 valence electrons. The van der Waals surface area contributed by atoms with Gasteiger partial charge in [0.25, 0.3) is 0 Å². The third-order valence-electron chi connectivity index (χ3n) is 4.77. The Morgan fingerprint density at radius 3 is 2.41 bits per heavy atom. The van der Waals surface area contributed by atoms with E-state index >= 15 is 0 Å². The highest BCUT2D eigenvalue weighted by molar-refractivity contribution is 7.89. The van der Waals surface area contributed by atoms with Gasteiger partial charge in [0.15, 0.2) is 11.5 Å². The molecule has 1 fully saturated rings. The van der Waals surface area contributed by atoms with Crippen molar-refractivity contribution in [3.63, 3.8) is 0 Å². The summed E-state index contributed by atoms with van der Waals surface area (Å²) in [5.74, 6) is 1.61. The lowest BCUT2D eigenvalue weighted by molar-refractivity contribution is 0.586. The SMILES string of the molecule is CNS(=O)(=O)c1ccccc1N1CCN(c2ccc3nnc(C)n3n2)CC1. The molecule has 0 aliphatic carbocycles. The Bertz CT molecular complexity index is 1070. The Morgan fingerprint density at radius 2 is 1.67 bits per heavy atom.